The van der Waals surface area contributed by atoms with Crippen molar-refractivity contribution in [3.05, 3.63) is 4.91 Å². The van der Waals surface area contributed by atoms with Crippen molar-refractivity contribution in [3.63, 3.8) is 0 Å². The smallest absolute Gasteiger partial charge is 0.309 e. The average molecular weight is 185 g/mol. The van der Waals surface area contributed by atoms with Crippen molar-refractivity contribution in [2.24, 2.45) is 17.0 Å². The van der Waals surface area contributed by atoms with Gasteiger partial charge in [0.25, 0.3) is 0 Å². The Bertz CT molecular complexity index is 215. The molecule has 1 aliphatic rings. The van der Waals surface area contributed by atoms with Crippen LogP contribution in [0.1, 0.15) is 27.2 Å². The number of carbonyl (C=O) groups is 1. The van der Waals surface area contributed by atoms with Crippen LogP contribution in [0.2, 0.25) is 0 Å². The molecule has 0 radical (unpaired) electrons. The first-order valence-electron chi connectivity index (χ1n) is 4.64. The van der Waals surface area contributed by atoms with Crippen LogP contribution in [-0.2, 0) is 9.53 Å². The van der Waals surface area contributed by atoms with Crippen LogP contribution >= 0.6 is 0 Å². The Balaban J connectivity index is 2.80. The average Bonchev–Trinajstić information content (AvgIpc) is 2.13. The van der Waals surface area contributed by atoms with Crippen molar-refractivity contribution in [1.29, 1.82) is 0 Å². The van der Waals surface area contributed by atoms with E-state index in [1.807, 2.05) is 13.8 Å². The van der Waals surface area contributed by atoms with E-state index in [1.54, 1.807) is 6.92 Å². The van der Waals surface area contributed by atoms with E-state index in [-0.39, 0.29) is 30.0 Å². The number of carbonyl (C=O) groups excluding carboxylic acids is 1. The second kappa shape index (κ2) is 3.85. The summed E-state index contributed by atoms with van der Waals surface area (Å²) in [5.41, 5.74) is 0. The van der Waals surface area contributed by atoms with Gasteiger partial charge in [0.1, 0.15) is 12.1 Å². The van der Waals surface area contributed by atoms with E-state index >= 15 is 0 Å². The van der Waals surface area contributed by atoms with E-state index in [4.69, 9.17) is 4.74 Å². The van der Waals surface area contributed by atoms with Crippen molar-refractivity contribution in [2.45, 2.75) is 39.3 Å². The summed E-state index contributed by atoms with van der Waals surface area (Å²) in [6.45, 7) is 5.54. The third kappa shape index (κ3) is 1.71. The molecule has 1 heterocycles. The quantitative estimate of drug-likeness (QED) is 0.486. The fraction of sp³-hybridized carbons (Fsp3) is 0.889. The summed E-state index contributed by atoms with van der Waals surface area (Å²) < 4.78 is 5.09. The highest BCUT2D eigenvalue weighted by molar-refractivity contribution is 5.73. The molecule has 0 N–H and O–H groups in total. The number of rotatable bonds is 2. The van der Waals surface area contributed by atoms with E-state index in [1.165, 1.54) is 0 Å². The lowest BCUT2D eigenvalue weighted by Crippen LogP contribution is -2.45. The van der Waals surface area contributed by atoms with Gasteiger partial charge in [-0.25, -0.2) is 0 Å². The molecule has 4 nitrogen and oxygen atoms in total. The molecule has 1 aliphatic heterocycles. The van der Waals surface area contributed by atoms with E-state index in [9.17, 15) is 9.70 Å². The Hall–Kier alpha value is -0.930. The molecule has 13 heavy (non-hydrogen) atoms. The maximum atomic E-state index is 11.3. The number of hydrogen-bond acceptors (Lipinski definition) is 4. The van der Waals surface area contributed by atoms with Crippen LogP contribution in [0.5, 0.6) is 0 Å². The minimum Gasteiger partial charge on any atom is -0.460 e. The molecule has 0 unspecified atom stereocenters. The summed E-state index contributed by atoms with van der Waals surface area (Å²) in [5.74, 6) is -0.437. The summed E-state index contributed by atoms with van der Waals surface area (Å²) in [6.07, 6.45) is 0.329. The Labute approximate surface area is 77.6 Å². The molecule has 74 valence electrons. The highest BCUT2D eigenvalue weighted by Crippen LogP contribution is 2.30. The molecular formula is C9H15NO3. The maximum Gasteiger partial charge on any atom is 0.309 e. The lowest BCUT2D eigenvalue weighted by Gasteiger charge is -2.34. The number of hydrogen-bond donors (Lipinski definition) is 0. The third-order valence-electron chi connectivity index (χ3n) is 2.87. The largest absolute Gasteiger partial charge is 0.460 e. The molecule has 4 heteroatoms. The molecule has 1 saturated heterocycles. The highest BCUT2D eigenvalue weighted by atomic mass is 16.5. The van der Waals surface area contributed by atoms with Crippen LogP contribution in [0.3, 0.4) is 0 Å². The van der Waals surface area contributed by atoms with Gasteiger partial charge in [0.05, 0.1) is 5.92 Å². The first-order chi connectivity index (χ1) is 6.11. The predicted octanol–water partition coefficient (Wildman–Crippen LogP) is 1.73. The third-order valence-corrected chi connectivity index (χ3v) is 2.87. The molecule has 1 fully saturated rings. The van der Waals surface area contributed by atoms with Gasteiger partial charge in [-0.2, -0.15) is 4.91 Å². The Morgan fingerprint density at radius 1 is 1.46 bits per heavy atom. The normalized spacial score (nSPS) is 39.8. The Morgan fingerprint density at radius 2 is 2.08 bits per heavy atom. The van der Waals surface area contributed by atoms with Gasteiger partial charge in [0.2, 0.25) is 0 Å². The second-order valence-corrected chi connectivity index (χ2v) is 3.63. The predicted molar refractivity (Wildman–Crippen MR) is 48.1 cm³/mol. The van der Waals surface area contributed by atoms with Gasteiger partial charge in [-0.15, -0.1) is 0 Å². The molecule has 0 aromatic rings. The van der Waals surface area contributed by atoms with Crippen LogP contribution < -0.4 is 0 Å². The number of ether oxygens (including phenoxy) is 1. The van der Waals surface area contributed by atoms with Crippen molar-refractivity contribution in [3.8, 4) is 0 Å². The molecule has 0 bridgehead atoms. The summed E-state index contributed by atoms with van der Waals surface area (Å²) >= 11 is 0. The van der Waals surface area contributed by atoms with E-state index in [2.05, 4.69) is 5.18 Å². The zero-order chi connectivity index (χ0) is 10.0. The molecule has 0 aromatic carbocycles. The summed E-state index contributed by atoms with van der Waals surface area (Å²) in [5, 5.41) is 3.04. The molecule has 1 rings (SSSR count). The first-order valence-corrected chi connectivity index (χ1v) is 4.64. The number of nitrogens with zero attached hydrogens (tertiary/aromatic N) is 1. The molecular weight excluding hydrogens is 170 g/mol. The van der Waals surface area contributed by atoms with Gasteiger partial charge in [-0.05, 0) is 12.3 Å². The number of cyclic esters (lactones) is 1. The van der Waals surface area contributed by atoms with Crippen molar-refractivity contribution >= 4 is 5.97 Å². The summed E-state index contributed by atoms with van der Waals surface area (Å²) in [6, 6.07) is -0.377. The maximum absolute atomic E-state index is 11.3. The first kappa shape index (κ1) is 10.2. The zero-order valence-corrected chi connectivity index (χ0v) is 8.19. The van der Waals surface area contributed by atoms with Gasteiger partial charge in [0, 0.05) is 0 Å². The van der Waals surface area contributed by atoms with Crippen molar-refractivity contribution in [1.82, 2.24) is 0 Å². The lowest BCUT2D eigenvalue weighted by molar-refractivity contribution is -0.165. The zero-order valence-electron chi connectivity index (χ0n) is 8.19. The second-order valence-electron chi connectivity index (χ2n) is 3.63. The summed E-state index contributed by atoms with van der Waals surface area (Å²) in [7, 11) is 0. The number of nitroso groups, excluding NO2 is 1. The number of esters is 1. The van der Waals surface area contributed by atoms with Gasteiger partial charge >= 0.3 is 5.97 Å². The minimum atomic E-state index is -0.377. The van der Waals surface area contributed by atoms with Crippen LogP contribution in [0.4, 0.5) is 0 Å². The Morgan fingerprint density at radius 3 is 2.54 bits per heavy atom. The van der Waals surface area contributed by atoms with E-state index in [0.717, 1.165) is 0 Å². The molecule has 4 atom stereocenters. The van der Waals surface area contributed by atoms with Crippen LogP contribution in [0.15, 0.2) is 5.18 Å². The monoisotopic (exact) mass is 185 g/mol. The molecule has 0 saturated carbocycles. The molecule has 0 spiro atoms. The standard InChI is InChI=1S/C9H15NO3/c1-4-7-8(10-12)5(2)6(3)9(11)13-7/h5-8H,4H2,1-3H3/t5-,6-,7-,8+/m1/s1. The molecule has 0 aliphatic carbocycles. The van der Waals surface area contributed by atoms with Crippen LogP contribution in [0, 0.1) is 16.7 Å². The highest BCUT2D eigenvalue weighted by Gasteiger charge is 2.41. The Kier molecular flexibility index (Phi) is 3.01. The van der Waals surface area contributed by atoms with Crippen LogP contribution in [0.25, 0.3) is 0 Å². The van der Waals surface area contributed by atoms with Gasteiger partial charge in [0.15, 0.2) is 0 Å². The van der Waals surface area contributed by atoms with E-state index < -0.39 is 0 Å². The SMILES string of the molecule is CC[C@H]1OC(=O)[C@H](C)[C@@H](C)[C@@H]1N=O. The molecule has 0 aromatic heterocycles. The topological polar surface area (TPSA) is 55.7 Å². The fourth-order valence-corrected chi connectivity index (χ4v) is 1.66. The van der Waals surface area contributed by atoms with Crippen molar-refractivity contribution in [2.75, 3.05) is 0 Å². The van der Waals surface area contributed by atoms with Crippen molar-refractivity contribution < 1.29 is 9.53 Å². The lowest BCUT2D eigenvalue weighted by atomic mass is 9.83. The molecule has 0 amide bonds. The van der Waals surface area contributed by atoms with Gasteiger partial charge in [-0.3, -0.25) is 4.79 Å². The van der Waals surface area contributed by atoms with Gasteiger partial charge < -0.3 is 4.74 Å². The minimum absolute atomic E-state index is 0.0105. The van der Waals surface area contributed by atoms with E-state index in [0.29, 0.717) is 6.42 Å². The fourth-order valence-electron chi connectivity index (χ4n) is 1.66. The summed E-state index contributed by atoms with van der Waals surface area (Å²) in [4.78, 5) is 21.8. The van der Waals surface area contributed by atoms with Crippen LogP contribution in [-0.4, -0.2) is 18.1 Å². The van der Waals surface area contributed by atoms with Gasteiger partial charge in [-0.1, -0.05) is 25.9 Å².